The largest absolute Gasteiger partial charge is 0.491 e. The summed E-state index contributed by atoms with van der Waals surface area (Å²) in [5, 5.41) is 28.2. The number of rotatable bonds is 8. The highest BCUT2D eigenvalue weighted by Crippen LogP contribution is 2.58. The summed E-state index contributed by atoms with van der Waals surface area (Å²) in [6, 6.07) is 18.2. The highest BCUT2D eigenvalue weighted by molar-refractivity contribution is 6.24. The first-order chi connectivity index (χ1) is 23.1. The number of aliphatic hydroxyl groups is 1. The van der Waals surface area contributed by atoms with Crippen molar-refractivity contribution in [2.24, 2.45) is 29.6 Å². The number of hydrogen-bond acceptors (Lipinski definition) is 8. The molecule has 3 fully saturated rings. The molecule has 0 aromatic heterocycles. The second-order valence-electron chi connectivity index (χ2n) is 12.4. The fourth-order valence-electron chi connectivity index (χ4n) is 7.96. The number of carbonyl (C=O) groups is 6. The van der Waals surface area contributed by atoms with E-state index in [0.717, 1.165) is 15.4 Å². The van der Waals surface area contributed by atoms with Crippen LogP contribution in [0.4, 0.5) is 11.4 Å². The molecule has 7 rings (SSSR count). The van der Waals surface area contributed by atoms with Crippen LogP contribution in [0.15, 0.2) is 84.4 Å². The Bertz CT molecular complexity index is 1920. The maximum Gasteiger partial charge on any atom is 0.335 e. The number of anilines is 2. The Hall–Kier alpha value is -5.62. The van der Waals surface area contributed by atoms with E-state index in [4.69, 9.17) is 9.84 Å². The number of carbonyl (C=O) groups excluding carboxylic acids is 4. The molecule has 2 heterocycles. The number of aromatic carboxylic acids is 2. The van der Waals surface area contributed by atoms with Gasteiger partial charge in [-0.05, 0) is 72.9 Å². The van der Waals surface area contributed by atoms with Crippen LogP contribution >= 0.6 is 0 Å². The number of carboxylic acid groups (broad SMARTS) is 2. The van der Waals surface area contributed by atoms with Gasteiger partial charge in [-0.3, -0.25) is 29.0 Å². The summed E-state index contributed by atoms with van der Waals surface area (Å²) in [6.45, 7) is -0.0890. The topological polar surface area (TPSA) is 179 Å². The molecule has 48 heavy (non-hydrogen) atoms. The average molecular weight is 651 g/mol. The summed E-state index contributed by atoms with van der Waals surface area (Å²) in [5.74, 6) is -8.37. The second-order valence-corrected chi connectivity index (χ2v) is 12.4. The fraction of sp³-hybridized carbons (Fsp3) is 0.278. The zero-order valence-corrected chi connectivity index (χ0v) is 25.4. The van der Waals surface area contributed by atoms with Gasteiger partial charge < -0.3 is 20.1 Å². The monoisotopic (exact) mass is 650 g/mol. The fourth-order valence-corrected chi connectivity index (χ4v) is 7.96. The van der Waals surface area contributed by atoms with Gasteiger partial charge in [-0.2, -0.15) is 0 Å². The van der Waals surface area contributed by atoms with Gasteiger partial charge in [-0.1, -0.05) is 35.9 Å². The van der Waals surface area contributed by atoms with Crippen molar-refractivity contribution in [1.82, 2.24) is 0 Å². The summed E-state index contributed by atoms with van der Waals surface area (Å²) < 4.78 is 5.53. The van der Waals surface area contributed by atoms with Gasteiger partial charge in [-0.25, -0.2) is 9.59 Å². The van der Waals surface area contributed by atoms with E-state index >= 15 is 0 Å². The molecule has 0 radical (unpaired) electrons. The molecule has 2 aliphatic heterocycles. The van der Waals surface area contributed by atoms with E-state index in [1.54, 1.807) is 24.3 Å². The van der Waals surface area contributed by atoms with Gasteiger partial charge in [0.25, 0.3) is 0 Å². The third kappa shape index (κ3) is 4.87. The third-order valence-corrected chi connectivity index (χ3v) is 9.95. The van der Waals surface area contributed by atoms with E-state index in [9.17, 15) is 39.0 Å². The molecular formula is C36H30N2O10. The highest BCUT2D eigenvalue weighted by Gasteiger charge is 2.62. The van der Waals surface area contributed by atoms with Gasteiger partial charge in [0, 0.05) is 5.92 Å². The minimum absolute atomic E-state index is 0.0732. The molecule has 3 aromatic rings. The average Bonchev–Trinajstić information content (AvgIpc) is 3.50. The minimum Gasteiger partial charge on any atom is -0.491 e. The summed E-state index contributed by atoms with van der Waals surface area (Å²) in [6.07, 6.45) is 2.23. The van der Waals surface area contributed by atoms with Gasteiger partial charge in [0.05, 0.1) is 52.8 Å². The van der Waals surface area contributed by atoms with Gasteiger partial charge >= 0.3 is 11.9 Å². The zero-order chi connectivity index (χ0) is 33.9. The number of nitrogens with zero attached hydrogens (tertiary/aromatic N) is 2. The molecule has 2 saturated heterocycles. The summed E-state index contributed by atoms with van der Waals surface area (Å²) in [7, 11) is 0. The molecule has 1 saturated carbocycles. The number of hydrogen-bond donors (Lipinski definition) is 3. The summed E-state index contributed by atoms with van der Waals surface area (Å²) >= 11 is 0. The molecular weight excluding hydrogens is 620 g/mol. The van der Waals surface area contributed by atoms with Crippen molar-refractivity contribution in [2.45, 2.75) is 18.8 Å². The third-order valence-electron chi connectivity index (χ3n) is 9.95. The van der Waals surface area contributed by atoms with Crippen LogP contribution in [0, 0.1) is 29.6 Å². The normalized spacial score (nSPS) is 26.1. The molecule has 3 N–H and O–H groups in total. The number of benzene rings is 3. The predicted octanol–water partition coefficient (Wildman–Crippen LogP) is 3.50. The van der Waals surface area contributed by atoms with Crippen LogP contribution in [0.5, 0.6) is 5.75 Å². The van der Waals surface area contributed by atoms with Crippen LogP contribution in [-0.4, -0.2) is 64.1 Å². The van der Waals surface area contributed by atoms with E-state index in [-0.39, 0.29) is 48.6 Å². The van der Waals surface area contributed by atoms with Crippen molar-refractivity contribution < 1.29 is 48.8 Å². The maximum atomic E-state index is 14.3. The van der Waals surface area contributed by atoms with Gasteiger partial charge in [0.2, 0.25) is 23.6 Å². The van der Waals surface area contributed by atoms with E-state index in [0.29, 0.717) is 11.3 Å². The van der Waals surface area contributed by atoms with Crippen molar-refractivity contribution in [3.05, 3.63) is 101 Å². The number of imide groups is 2. The zero-order valence-electron chi connectivity index (χ0n) is 25.4. The molecule has 0 bridgehead atoms. The Morgan fingerprint density at radius 2 is 1.27 bits per heavy atom. The minimum atomic E-state index is -1.21. The number of aliphatic hydroxyl groups excluding tert-OH is 1. The second kappa shape index (κ2) is 11.9. The number of fused-ring (bicyclic) bond motifs is 4. The summed E-state index contributed by atoms with van der Waals surface area (Å²) in [4.78, 5) is 81.8. The first kappa shape index (κ1) is 31.0. The molecule has 0 unspecified atom stereocenters. The molecule has 4 amide bonds. The van der Waals surface area contributed by atoms with Crippen LogP contribution in [-0.2, 0) is 19.2 Å². The van der Waals surface area contributed by atoms with Crippen molar-refractivity contribution in [2.75, 3.05) is 23.0 Å². The lowest BCUT2D eigenvalue weighted by molar-refractivity contribution is -0.126. The predicted molar refractivity (Wildman–Crippen MR) is 168 cm³/mol. The smallest absolute Gasteiger partial charge is 0.335 e. The standard InChI is InChI=1S/C36H30N2O10/c39-13-14-48-23-9-7-18(8-10-23)28-24-11-12-25-29(33(42)37(31(25)40)21-5-1-3-19(15-21)35(44)45)26(24)17-27-30(28)34(43)38(32(27)41)22-6-2-4-20(16-22)36(46)47/h1-11,15-16,25-30,39H,12-14,17H2,(H,44,45)(H,46,47)/t25-,26+,27+,28-,29-,30+/m0/s1. The maximum absolute atomic E-state index is 14.3. The molecule has 6 atom stereocenters. The van der Waals surface area contributed by atoms with Gasteiger partial charge in [-0.15, -0.1) is 0 Å². The van der Waals surface area contributed by atoms with Crippen LogP contribution in [0.1, 0.15) is 45.0 Å². The molecule has 4 aliphatic rings. The Kier molecular flexibility index (Phi) is 7.67. The van der Waals surface area contributed by atoms with Gasteiger partial charge in [0.1, 0.15) is 12.4 Å². The summed E-state index contributed by atoms with van der Waals surface area (Å²) in [5.41, 5.74) is 1.60. The Morgan fingerprint density at radius 3 is 1.83 bits per heavy atom. The molecule has 3 aromatic carbocycles. The molecule has 244 valence electrons. The quantitative estimate of drug-likeness (QED) is 0.241. The number of carboxylic acids is 2. The first-order valence-electron chi connectivity index (χ1n) is 15.6. The number of amides is 4. The molecule has 0 spiro atoms. The van der Waals surface area contributed by atoms with Crippen molar-refractivity contribution in [1.29, 1.82) is 0 Å². The Labute approximate surface area is 273 Å². The SMILES string of the molecule is O=C(O)c1cccc(N2C(=O)[C@H]3[C@H](CC=C4[C@H]3C[C@H]3C(=O)N(c5cccc(C(=O)O)c5)C(=O)[C@H]3[C@H]4c3ccc(OCCO)cc3)C2=O)c1. The highest BCUT2D eigenvalue weighted by atomic mass is 16.5. The van der Waals surface area contributed by atoms with Crippen LogP contribution in [0.25, 0.3) is 0 Å². The van der Waals surface area contributed by atoms with E-state index in [2.05, 4.69) is 0 Å². The Morgan fingerprint density at radius 1 is 0.708 bits per heavy atom. The molecule has 12 heteroatoms. The van der Waals surface area contributed by atoms with Crippen molar-refractivity contribution in [3.63, 3.8) is 0 Å². The Balaban J connectivity index is 1.30. The van der Waals surface area contributed by atoms with E-state index < -0.39 is 71.1 Å². The lowest BCUT2D eigenvalue weighted by Gasteiger charge is -2.44. The lowest BCUT2D eigenvalue weighted by Crippen LogP contribution is -2.43. The van der Waals surface area contributed by atoms with Crippen molar-refractivity contribution >= 4 is 46.9 Å². The van der Waals surface area contributed by atoms with Crippen molar-refractivity contribution in [3.8, 4) is 5.75 Å². The van der Waals surface area contributed by atoms with E-state index in [1.807, 2.05) is 6.08 Å². The molecule has 2 aliphatic carbocycles. The first-order valence-corrected chi connectivity index (χ1v) is 15.6. The van der Waals surface area contributed by atoms with Crippen LogP contribution in [0.2, 0.25) is 0 Å². The van der Waals surface area contributed by atoms with Gasteiger partial charge in [0.15, 0.2) is 0 Å². The van der Waals surface area contributed by atoms with Crippen LogP contribution in [0.3, 0.4) is 0 Å². The molecule has 12 nitrogen and oxygen atoms in total. The van der Waals surface area contributed by atoms with E-state index in [1.165, 1.54) is 48.5 Å². The lowest BCUT2D eigenvalue weighted by atomic mass is 9.57. The number of ether oxygens (including phenoxy) is 1. The number of allylic oxidation sites excluding steroid dienone is 2. The van der Waals surface area contributed by atoms with Crippen LogP contribution < -0.4 is 14.5 Å².